The lowest BCUT2D eigenvalue weighted by molar-refractivity contribution is 0.0525. The number of methoxy groups -OCH3 is 1. The van der Waals surface area contributed by atoms with Crippen LogP contribution in [0.2, 0.25) is 0 Å². The van der Waals surface area contributed by atoms with Crippen LogP contribution < -0.4 is 10.1 Å². The normalized spacial score (nSPS) is 10.7. The summed E-state index contributed by atoms with van der Waals surface area (Å²) in [6.45, 7) is 4.08. The van der Waals surface area contributed by atoms with Gasteiger partial charge in [-0.05, 0) is 25.0 Å². The molecule has 3 heterocycles. The second kappa shape index (κ2) is 7.16. The third-order valence-corrected chi connectivity index (χ3v) is 3.74. The minimum Gasteiger partial charge on any atom is -0.481 e. The summed E-state index contributed by atoms with van der Waals surface area (Å²) in [5, 5.41) is 7.42. The van der Waals surface area contributed by atoms with Gasteiger partial charge in [-0.2, -0.15) is 5.10 Å². The van der Waals surface area contributed by atoms with Crippen molar-refractivity contribution in [3.8, 4) is 5.88 Å². The second-order valence-electron chi connectivity index (χ2n) is 5.21. The highest BCUT2D eigenvalue weighted by atomic mass is 16.5. The molecule has 0 aliphatic rings. The van der Waals surface area contributed by atoms with Crippen LogP contribution in [0.15, 0.2) is 30.9 Å². The number of esters is 1. The molecule has 0 radical (unpaired) electrons. The van der Waals surface area contributed by atoms with Crippen LogP contribution in [0.1, 0.15) is 29.8 Å². The van der Waals surface area contributed by atoms with Crippen LogP contribution in [0.4, 0.5) is 11.5 Å². The zero-order valence-electron chi connectivity index (χ0n) is 14.3. The predicted octanol–water partition coefficient (Wildman–Crippen LogP) is 2.62. The number of nitrogens with zero attached hydrogens (tertiary/aromatic N) is 4. The Bertz CT molecular complexity index is 889. The first-order chi connectivity index (χ1) is 12.2. The molecule has 3 aromatic heterocycles. The molecule has 0 saturated carbocycles. The maximum atomic E-state index is 12.2. The van der Waals surface area contributed by atoms with Gasteiger partial charge in [0, 0.05) is 12.3 Å². The number of nitrogens with one attached hydrogen (secondary N) is 1. The molecule has 8 heteroatoms. The average molecular weight is 341 g/mol. The third-order valence-electron chi connectivity index (χ3n) is 3.74. The van der Waals surface area contributed by atoms with Gasteiger partial charge in [-0.25, -0.2) is 19.3 Å². The van der Waals surface area contributed by atoms with Crippen molar-refractivity contribution in [2.24, 2.45) is 0 Å². The third kappa shape index (κ3) is 3.23. The van der Waals surface area contributed by atoms with Crippen molar-refractivity contribution in [3.63, 3.8) is 0 Å². The second-order valence-corrected chi connectivity index (χ2v) is 5.21. The average Bonchev–Trinajstić information content (AvgIpc) is 3.02. The molecule has 0 bridgehead atoms. The highest BCUT2D eigenvalue weighted by Gasteiger charge is 2.20. The lowest BCUT2D eigenvalue weighted by Crippen LogP contribution is -2.06. The highest BCUT2D eigenvalue weighted by Crippen LogP contribution is 2.27. The quantitative estimate of drug-likeness (QED) is 0.689. The summed E-state index contributed by atoms with van der Waals surface area (Å²) in [7, 11) is 1.56. The van der Waals surface area contributed by atoms with Crippen molar-refractivity contribution in [1.29, 1.82) is 0 Å². The van der Waals surface area contributed by atoms with E-state index in [4.69, 9.17) is 9.47 Å². The molecule has 3 aromatic rings. The summed E-state index contributed by atoms with van der Waals surface area (Å²) in [6.07, 6.45) is 5.40. The minimum atomic E-state index is -0.359. The molecule has 0 spiro atoms. The van der Waals surface area contributed by atoms with E-state index in [1.165, 1.54) is 6.33 Å². The first-order valence-corrected chi connectivity index (χ1v) is 7.97. The lowest BCUT2D eigenvalue weighted by Gasteiger charge is -2.09. The van der Waals surface area contributed by atoms with Gasteiger partial charge < -0.3 is 14.8 Å². The lowest BCUT2D eigenvalue weighted by atomic mass is 10.1. The van der Waals surface area contributed by atoms with Gasteiger partial charge >= 0.3 is 5.97 Å². The summed E-state index contributed by atoms with van der Waals surface area (Å²) in [5.41, 5.74) is 2.83. The number of fused-ring (bicyclic) bond motifs is 1. The van der Waals surface area contributed by atoms with Crippen LogP contribution >= 0.6 is 0 Å². The zero-order chi connectivity index (χ0) is 17.8. The number of carbonyl (C=O) groups is 1. The largest absolute Gasteiger partial charge is 0.481 e. The van der Waals surface area contributed by atoms with Gasteiger partial charge in [0.2, 0.25) is 5.88 Å². The Labute approximate surface area is 144 Å². The Morgan fingerprint density at radius 2 is 2.12 bits per heavy atom. The van der Waals surface area contributed by atoms with Crippen molar-refractivity contribution in [3.05, 3.63) is 42.0 Å². The van der Waals surface area contributed by atoms with Gasteiger partial charge in [0.15, 0.2) is 5.82 Å². The van der Waals surface area contributed by atoms with Crippen molar-refractivity contribution in [1.82, 2.24) is 19.6 Å². The number of rotatable bonds is 6. The number of aromatic nitrogens is 4. The Morgan fingerprint density at radius 3 is 2.76 bits per heavy atom. The minimum absolute atomic E-state index is 0.322. The van der Waals surface area contributed by atoms with Gasteiger partial charge in [-0.15, -0.1) is 0 Å². The number of ether oxygens (including phenoxy) is 2. The number of carbonyl (C=O) groups excluding carboxylic acids is 1. The van der Waals surface area contributed by atoms with E-state index in [1.54, 1.807) is 37.0 Å². The van der Waals surface area contributed by atoms with Crippen LogP contribution in [0.5, 0.6) is 5.88 Å². The molecule has 0 aliphatic heterocycles. The first-order valence-electron chi connectivity index (χ1n) is 7.97. The van der Waals surface area contributed by atoms with Crippen LogP contribution in [0.25, 0.3) is 5.52 Å². The highest BCUT2D eigenvalue weighted by molar-refractivity contribution is 5.95. The fourth-order valence-electron chi connectivity index (χ4n) is 2.62. The zero-order valence-corrected chi connectivity index (χ0v) is 14.3. The van der Waals surface area contributed by atoms with E-state index < -0.39 is 0 Å². The van der Waals surface area contributed by atoms with Crippen LogP contribution in [0.3, 0.4) is 0 Å². The molecule has 0 saturated heterocycles. The monoisotopic (exact) mass is 341 g/mol. The van der Waals surface area contributed by atoms with Gasteiger partial charge in [0.25, 0.3) is 0 Å². The number of anilines is 2. The van der Waals surface area contributed by atoms with Crippen molar-refractivity contribution < 1.29 is 14.3 Å². The maximum Gasteiger partial charge on any atom is 0.340 e. The van der Waals surface area contributed by atoms with Gasteiger partial charge in [0.05, 0.1) is 31.2 Å². The number of hydrogen-bond donors (Lipinski definition) is 1. The molecule has 0 atom stereocenters. The Hall–Kier alpha value is -3.16. The topological polar surface area (TPSA) is 90.6 Å². The smallest absolute Gasteiger partial charge is 0.340 e. The molecule has 3 rings (SSSR count). The summed E-state index contributed by atoms with van der Waals surface area (Å²) in [6, 6.07) is 3.59. The Kier molecular flexibility index (Phi) is 4.78. The molecular formula is C17H19N5O3. The molecule has 0 aliphatic carbocycles. The summed E-state index contributed by atoms with van der Waals surface area (Å²) in [4.78, 5) is 20.7. The molecule has 130 valence electrons. The van der Waals surface area contributed by atoms with E-state index >= 15 is 0 Å². The number of hydrogen-bond acceptors (Lipinski definition) is 7. The van der Waals surface area contributed by atoms with E-state index in [9.17, 15) is 4.79 Å². The number of aryl methyl sites for hydroxylation is 1. The molecular weight excluding hydrogens is 322 g/mol. The van der Waals surface area contributed by atoms with Gasteiger partial charge in [-0.3, -0.25) is 0 Å². The molecule has 0 aromatic carbocycles. The predicted molar refractivity (Wildman–Crippen MR) is 92.4 cm³/mol. The molecule has 25 heavy (non-hydrogen) atoms. The summed E-state index contributed by atoms with van der Waals surface area (Å²) < 4.78 is 11.8. The summed E-state index contributed by atoms with van der Waals surface area (Å²) >= 11 is 0. The number of pyridine rings is 1. The molecule has 0 amide bonds. The van der Waals surface area contributed by atoms with Crippen molar-refractivity contribution >= 4 is 23.0 Å². The molecule has 0 unspecified atom stereocenters. The molecule has 8 nitrogen and oxygen atoms in total. The van der Waals surface area contributed by atoms with E-state index in [0.29, 0.717) is 30.3 Å². The van der Waals surface area contributed by atoms with E-state index in [0.717, 1.165) is 16.8 Å². The van der Waals surface area contributed by atoms with E-state index in [2.05, 4.69) is 20.4 Å². The van der Waals surface area contributed by atoms with Crippen LogP contribution in [-0.4, -0.2) is 39.3 Å². The fraction of sp³-hybridized carbons (Fsp3) is 0.294. The van der Waals surface area contributed by atoms with Crippen molar-refractivity contribution in [2.45, 2.75) is 20.3 Å². The first kappa shape index (κ1) is 16.7. The standard InChI is InChI=1S/C17H19N5O3/c1-4-12-13(17(23)25-5-2)9-22-15(12)16(19-10-20-22)21-11-6-7-14(24-3)18-8-11/h6-10H,4-5H2,1-3H3,(H,19,20,21). The van der Waals surface area contributed by atoms with Gasteiger partial charge in [-0.1, -0.05) is 6.92 Å². The molecule has 1 N–H and O–H groups in total. The van der Waals surface area contributed by atoms with Crippen LogP contribution in [0, 0.1) is 0 Å². The van der Waals surface area contributed by atoms with Crippen LogP contribution in [-0.2, 0) is 11.2 Å². The maximum absolute atomic E-state index is 12.2. The van der Waals surface area contributed by atoms with Crippen molar-refractivity contribution in [2.75, 3.05) is 19.0 Å². The summed E-state index contributed by atoms with van der Waals surface area (Å²) in [5.74, 6) is 0.760. The fourth-order valence-corrected chi connectivity index (χ4v) is 2.62. The van der Waals surface area contributed by atoms with E-state index in [1.807, 2.05) is 13.0 Å². The van der Waals surface area contributed by atoms with Gasteiger partial charge in [0.1, 0.15) is 11.8 Å². The Morgan fingerprint density at radius 1 is 1.28 bits per heavy atom. The molecule has 0 fully saturated rings. The Balaban J connectivity index is 2.04. The van der Waals surface area contributed by atoms with E-state index in [-0.39, 0.29) is 5.97 Å². The SMILES string of the molecule is CCOC(=O)c1cn2ncnc(Nc3ccc(OC)nc3)c2c1CC.